The molecule has 84 valence electrons. The lowest BCUT2D eigenvalue weighted by atomic mass is 10.1. The van der Waals surface area contributed by atoms with Gasteiger partial charge in [-0.15, -0.1) is 0 Å². The number of ether oxygens (including phenoxy) is 1. The van der Waals surface area contributed by atoms with Gasteiger partial charge in [-0.2, -0.15) is 0 Å². The summed E-state index contributed by atoms with van der Waals surface area (Å²) in [5.41, 5.74) is -0.427. The number of hydrogen-bond acceptors (Lipinski definition) is 4. The van der Waals surface area contributed by atoms with Crippen LogP contribution in [0.4, 0.5) is 0 Å². The number of hydrogen-bond donors (Lipinski definition) is 2. The number of nitrogens with one attached hydrogen (secondary N) is 1. The van der Waals surface area contributed by atoms with Crippen molar-refractivity contribution in [2.45, 2.75) is 39.2 Å². The van der Waals surface area contributed by atoms with Crippen LogP contribution in [0.3, 0.4) is 0 Å². The minimum Gasteiger partial charge on any atom is -0.465 e. The van der Waals surface area contributed by atoms with E-state index in [9.17, 15) is 4.79 Å². The summed E-state index contributed by atoms with van der Waals surface area (Å²) in [6.07, 6.45) is 1.91. The van der Waals surface area contributed by atoms with E-state index < -0.39 is 5.54 Å². The summed E-state index contributed by atoms with van der Waals surface area (Å²) >= 11 is 0. The van der Waals surface area contributed by atoms with Gasteiger partial charge < -0.3 is 9.84 Å². The fourth-order valence-corrected chi connectivity index (χ4v) is 0.749. The van der Waals surface area contributed by atoms with E-state index in [0.29, 0.717) is 6.61 Å². The molecule has 0 atom stereocenters. The van der Waals surface area contributed by atoms with E-state index in [1.54, 1.807) is 0 Å². The number of carbonyl (C=O) groups excluding carboxylic acids is 1. The second-order valence-corrected chi connectivity index (χ2v) is 3.97. The zero-order chi connectivity index (χ0) is 11.0. The molecule has 0 aliphatic rings. The van der Waals surface area contributed by atoms with Crippen LogP contribution in [-0.2, 0) is 9.53 Å². The van der Waals surface area contributed by atoms with Crippen LogP contribution in [0.2, 0.25) is 0 Å². The fraction of sp³-hybridized carbons (Fsp3) is 0.900. The van der Waals surface area contributed by atoms with Crippen LogP contribution in [-0.4, -0.2) is 36.4 Å². The first kappa shape index (κ1) is 13.4. The predicted octanol–water partition coefficient (Wildman–Crippen LogP) is 0.690. The zero-order valence-electron chi connectivity index (χ0n) is 9.30. The highest BCUT2D eigenvalue weighted by molar-refractivity contribution is 5.71. The lowest BCUT2D eigenvalue weighted by molar-refractivity contribution is -0.143. The maximum atomic E-state index is 11.1. The van der Waals surface area contributed by atoms with Gasteiger partial charge in [0.2, 0.25) is 0 Å². The summed E-state index contributed by atoms with van der Waals surface area (Å²) in [6.45, 7) is 6.32. The second kappa shape index (κ2) is 6.79. The number of aliphatic hydroxyl groups excluding tert-OH is 1. The molecule has 0 aliphatic carbocycles. The summed E-state index contributed by atoms with van der Waals surface area (Å²) in [4.78, 5) is 11.1. The van der Waals surface area contributed by atoms with E-state index in [2.05, 4.69) is 5.32 Å². The van der Waals surface area contributed by atoms with Crippen molar-refractivity contribution in [1.82, 2.24) is 5.32 Å². The van der Waals surface area contributed by atoms with E-state index in [1.807, 2.05) is 20.8 Å². The normalized spacial score (nSPS) is 11.4. The van der Waals surface area contributed by atoms with E-state index in [0.717, 1.165) is 12.8 Å². The molecule has 0 bridgehead atoms. The smallest absolute Gasteiger partial charge is 0.319 e. The molecule has 0 saturated carbocycles. The van der Waals surface area contributed by atoms with E-state index in [4.69, 9.17) is 9.84 Å². The first-order chi connectivity index (χ1) is 6.52. The maximum absolute atomic E-state index is 11.1. The van der Waals surface area contributed by atoms with Gasteiger partial charge in [0.15, 0.2) is 0 Å². The Bertz CT molecular complexity index is 169. The predicted molar refractivity (Wildman–Crippen MR) is 55.0 cm³/mol. The molecule has 0 aromatic heterocycles. The molecule has 0 fully saturated rings. The number of aliphatic hydroxyl groups is 1. The monoisotopic (exact) mass is 203 g/mol. The Kier molecular flexibility index (Phi) is 6.49. The van der Waals surface area contributed by atoms with Gasteiger partial charge in [-0.3, -0.25) is 10.1 Å². The maximum Gasteiger partial charge on any atom is 0.319 e. The number of rotatable bonds is 7. The van der Waals surface area contributed by atoms with Crippen LogP contribution in [0.5, 0.6) is 0 Å². The molecule has 0 heterocycles. The molecule has 0 spiro atoms. The van der Waals surface area contributed by atoms with Crippen LogP contribution >= 0.6 is 0 Å². The van der Waals surface area contributed by atoms with Crippen molar-refractivity contribution in [1.29, 1.82) is 0 Å². The quantitative estimate of drug-likeness (QED) is 0.472. The lowest BCUT2D eigenvalue weighted by Crippen LogP contribution is -2.45. The molecule has 4 nitrogen and oxygen atoms in total. The molecule has 14 heavy (non-hydrogen) atoms. The highest BCUT2D eigenvalue weighted by Gasteiger charge is 2.16. The summed E-state index contributed by atoms with van der Waals surface area (Å²) in [5, 5.41) is 11.8. The van der Waals surface area contributed by atoms with Crippen molar-refractivity contribution in [3.8, 4) is 0 Å². The van der Waals surface area contributed by atoms with Crippen molar-refractivity contribution in [2.75, 3.05) is 19.8 Å². The third-order valence-corrected chi connectivity index (χ3v) is 1.87. The number of carbonyl (C=O) groups is 1. The van der Waals surface area contributed by atoms with Crippen LogP contribution in [0, 0.1) is 0 Å². The Morgan fingerprint density at radius 1 is 1.50 bits per heavy atom. The Balaban J connectivity index is 3.53. The first-order valence-corrected chi connectivity index (χ1v) is 5.03. The van der Waals surface area contributed by atoms with Gasteiger partial charge in [-0.25, -0.2) is 0 Å². The minimum absolute atomic E-state index is 0.00472. The van der Waals surface area contributed by atoms with E-state index in [1.165, 1.54) is 0 Å². The van der Waals surface area contributed by atoms with Crippen molar-refractivity contribution >= 4 is 5.97 Å². The molecular formula is C10H21NO3. The molecule has 2 N–H and O–H groups in total. The van der Waals surface area contributed by atoms with Gasteiger partial charge in [-0.1, -0.05) is 13.3 Å². The topological polar surface area (TPSA) is 58.6 Å². The van der Waals surface area contributed by atoms with Crippen LogP contribution < -0.4 is 5.32 Å². The second-order valence-electron chi connectivity index (χ2n) is 3.97. The van der Waals surface area contributed by atoms with Gasteiger partial charge in [0.05, 0.1) is 19.8 Å². The Labute approximate surface area is 85.6 Å². The van der Waals surface area contributed by atoms with Gasteiger partial charge in [0.1, 0.15) is 0 Å². The summed E-state index contributed by atoms with van der Waals surface area (Å²) < 4.78 is 4.94. The summed E-state index contributed by atoms with van der Waals surface area (Å²) in [5.74, 6) is -0.264. The zero-order valence-corrected chi connectivity index (χ0v) is 9.30. The average Bonchev–Trinajstić information content (AvgIpc) is 2.16. The largest absolute Gasteiger partial charge is 0.465 e. The third-order valence-electron chi connectivity index (χ3n) is 1.87. The molecular weight excluding hydrogens is 182 g/mol. The SMILES string of the molecule is CCCCOC(=O)CNC(C)(C)CO. The molecule has 0 aliphatic heterocycles. The van der Waals surface area contributed by atoms with Crippen molar-refractivity contribution < 1.29 is 14.6 Å². The van der Waals surface area contributed by atoms with Crippen LogP contribution in [0.25, 0.3) is 0 Å². The first-order valence-electron chi connectivity index (χ1n) is 5.03. The Morgan fingerprint density at radius 3 is 2.64 bits per heavy atom. The van der Waals surface area contributed by atoms with E-state index in [-0.39, 0.29) is 19.1 Å². The minimum atomic E-state index is -0.427. The van der Waals surface area contributed by atoms with Crippen molar-refractivity contribution in [3.05, 3.63) is 0 Å². The van der Waals surface area contributed by atoms with Gasteiger partial charge in [0.25, 0.3) is 0 Å². The highest BCUT2D eigenvalue weighted by atomic mass is 16.5. The number of esters is 1. The molecule has 0 unspecified atom stereocenters. The molecule has 4 heteroatoms. The fourth-order valence-electron chi connectivity index (χ4n) is 0.749. The third kappa shape index (κ3) is 6.86. The molecule has 0 rings (SSSR count). The van der Waals surface area contributed by atoms with Gasteiger partial charge >= 0.3 is 5.97 Å². The highest BCUT2D eigenvalue weighted by Crippen LogP contribution is 1.98. The Morgan fingerprint density at radius 2 is 2.14 bits per heavy atom. The van der Waals surface area contributed by atoms with E-state index >= 15 is 0 Å². The molecule has 0 saturated heterocycles. The lowest BCUT2D eigenvalue weighted by Gasteiger charge is -2.22. The number of unbranched alkanes of at least 4 members (excludes halogenated alkanes) is 1. The van der Waals surface area contributed by atoms with Gasteiger partial charge in [-0.05, 0) is 20.3 Å². The molecule has 0 aromatic carbocycles. The van der Waals surface area contributed by atoms with Crippen molar-refractivity contribution in [3.63, 3.8) is 0 Å². The van der Waals surface area contributed by atoms with Crippen molar-refractivity contribution in [2.24, 2.45) is 0 Å². The van der Waals surface area contributed by atoms with Crippen LogP contribution in [0.1, 0.15) is 33.6 Å². The standard InChI is InChI=1S/C10H21NO3/c1-4-5-6-14-9(13)7-11-10(2,3)8-12/h11-12H,4-8H2,1-3H3. The average molecular weight is 203 g/mol. The van der Waals surface area contributed by atoms with Gasteiger partial charge in [0, 0.05) is 5.54 Å². The summed E-state index contributed by atoms with van der Waals surface area (Å²) in [6, 6.07) is 0. The molecule has 0 aromatic rings. The Hall–Kier alpha value is -0.610. The molecule has 0 radical (unpaired) electrons. The summed E-state index contributed by atoms with van der Waals surface area (Å²) in [7, 11) is 0. The van der Waals surface area contributed by atoms with Crippen LogP contribution in [0.15, 0.2) is 0 Å². The molecule has 0 amide bonds.